The van der Waals surface area contributed by atoms with Gasteiger partial charge in [0.25, 0.3) is 20.0 Å². The van der Waals surface area contributed by atoms with E-state index in [1.165, 1.54) is 65.5 Å². The number of hydrogen-bond donors (Lipinski definition) is 3. The van der Waals surface area contributed by atoms with Crippen LogP contribution in [0.2, 0.25) is 20.1 Å². The molecule has 0 spiro atoms. The van der Waals surface area contributed by atoms with Gasteiger partial charge in [0.2, 0.25) is 11.9 Å². The molecule has 6 aromatic carbocycles. The average Bonchev–Trinajstić information content (AvgIpc) is 4.05. The SMILES string of the molecule is C.C.CC(=O)C(N=C(NS(=O)(=O)c1ccc(Cl)cc1)N1CC(c2ccccc2)C(c2ccc(Cl)cc2)=N1)C(C)C.CC(C)C(N=C(NS(=O)(=O)c1ccc(Cl)cc1)N1CC(c2ccccc2)C(c2ccc(Cl)cc2)=N1)C(=O)O. The highest BCUT2D eigenvalue weighted by molar-refractivity contribution is 7.90. The van der Waals surface area contributed by atoms with Crippen LogP contribution in [0.3, 0.4) is 0 Å². The van der Waals surface area contributed by atoms with Gasteiger partial charge in [-0.25, -0.2) is 51.1 Å². The highest BCUT2D eigenvalue weighted by Gasteiger charge is 2.36. The van der Waals surface area contributed by atoms with Crippen molar-refractivity contribution >= 4 is 102 Å². The Kier molecular flexibility index (Phi) is 21.8. The number of guanidine groups is 2. The van der Waals surface area contributed by atoms with E-state index in [-0.39, 0.29) is 66.6 Å². The van der Waals surface area contributed by atoms with Gasteiger partial charge in [0.1, 0.15) is 6.04 Å². The minimum atomic E-state index is -4.14. The largest absolute Gasteiger partial charge is 0.480 e. The summed E-state index contributed by atoms with van der Waals surface area (Å²) >= 11 is 24.1. The lowest BCUT2D eigenvalue weighted by Gasteiger charge is -2.22. The molecule has 21 heteroatoms. The molecule has 2 aliphatic heterocycles. The Bertz CT molecular complexity index is 3140. The van der Waals surface area contributed by atoms with Gasteiger partial charge in [-0.3, -0.25) is 4.79 Å². The summed E-state index contributed by atoms with van der Waals surface area (Å²) in [6, 6.07) is 43.5. The van der Waals surface area contributed by atoms with Crippen LogP contribution in [0.1, 0.15) is 83.6 Å². The molecule has 0 aromatic heterocycles. The third-order valence-electron chi connectivity index (χ3n) is 12.2. The van der Waals surface area contributed by atoms with Gasteiger partial charge in [0.05, 0.1) is 34.3 Å². The maximum Gasteiger partial charge on any atom is 0.328 e. The number of benzene rings is 6. The van der Waals surface area contributed by atoms with Crippen molar-refractivity contribution in [2.45, 2.75) is 83.2 Å². The molecule has 0 amide bonds. The van der Waals surface area contributed by atoms with Gasteiger partial charge in [0.15, 0.2) is 11.8 Å². The Hall–Kier alpha value is -6.60. The Morgan fingerprint density at radius 3 is 1.13 bits per heavy atom. The van der Waals surface area contributed by atoms with Crippen molar-refractivity contribution in [3.8, 4) is 0 Å². The Labute approximate surface area is 477 Å². The van der Waals surface area contributed by atoms with Crippen LogP contribution in [0.5, 0.6) is 0 Å². The van der Waals surface area contributed by atoms with Crippen LogP contribution in [-0.2, 0) is 29.6 Å². The smallest absolute Gasteiger partial charge is 0.328 e. The number of halogens is 4. The summed E-state index contributed by atoms with van der Waals surface area (Å²) in [6.45, 7) is 9.11. The summed E-state index contributed by atoms with van der Waals surface area (Å²) in [5.74, 6) is -2.57. The molecule has 412 valence electrons. The van der Waals surface area contributed by atoms with Crippen molar-refractivity contribution < 1.29 is 31.5 Å². The molecule has 8 rings (SSSR count). The second-order valence-electron chi connectivity index (χ2n) is 18.4. The predicted octanol–water partition coefficient (Wildman–Crippen LogP) is 12.3. The van der Waals surface area contributed by atoms with Crippen molar-refractivity contribution in [2.24, 2.45) is 32.0 Å². The van der Waals surface area contributed by atoms with E-state index in [0.717, 1.165) is 28.0 Å². The molecule has 4 unspecified atom stereocenters. The zero-order valence-corrected chi connectivity index (χ0v) is 46.5. The van der Waals surface area contributed by atoms with Crippen LogP contribution >= 0.6 is 46.4 Å². The molecule has 0 fully saturated rings. The van der Waals surface area contributed by atoms with E-state index >= 15 is 0 Å². The molecule has 0 saturated carbocycles. The fourth-order valence-electron chi connectivity index (χ4n) is 8.26. The third-order valence-corrected chi connectivity index (χ3v) is 15.9. The first-order valence-corrected chi connectivity index (χ1v) is 28.4. The molecule has 0 aliphatic carbocycles. The fraction of sp³-hybridized carbons (Fsp3) is 0.263. The number of carboxylic acid groups (broad SMARTS) is 1. The molecule has 15 nitrogen and oxygen atoms in total. The molecule has 2 heterocycles. The second kappa shape index (κ2) is 27.3. The quantitative estimate of drug-likeness (QED) is 0.0700. The lowest BCUT2D eigenvalue weighted by molar-refractivity contribution is -0.139. The van der Waals surface area contributed by atoms with Crippen molar-refractivity contribution in [3.05, 3.63) is 200 Å². The van der Waals surface area contributed by atoms with Gasteiger partial charge in [0, 0.05) is 31.9 Å². The monoisotopic (exact) mass is 1170 g/mol. The zero-order chi connectivity index (χ0) is 54.9. The molecule has 2 aliphatic rings. The van der Waals surface area contributed by atoms with Gasteiger partial charge < -0.3 is 5.11 Å². The molecular weight excluding hydrogens is 1110 g/mol. The van der Waals surface area contributed by atoms with Crippen LogP contribution < -0.4 is 9.44 Å². The number of hydrazone groups is 2. The Balaban J connectivity index is 0.000000280. The highest BCUT2D eigenvalue weighted by Crippen LogP contribution is 2.32. The second-order valence-corrected chi connectivity index (χ2v) is 23.5. The summed E-state index contributed by atoms with van der Waals surface area (Å²) in [5, 5.41) is 24.3. The first-order valence-electron chi connectivity index (χ1n) is 23.9. The summed E-state index contributed by atoms with van der Waals surface area (Å²) in [5.41, 5.74) is 5.01. The number of aliphatic carboxylic acids is 1. The van der Waals surface area contributed by atoms with Crippen molar-refractivity contribution in [3.63, 3.8) is 0 Å². The number of carboxylic acids is 1. The van der Waals surface area contributed by atoms with Gasteiger partial charge in [-0.05, 0) is 114 Å². The molecule has 0 saturated heterocycles. The van der Waals surface area contributed by atoms with Crippen molar-refractivity contribution in [1.82, 2.24) is 19.5 Å². The standard InChI is InChI=1S/C28H28Cl2N4O3S.C27H26Cl2N4O4S.2CH4/c1-18(2)26(19(3)35)31-28(33-38(36,37)24-15-13-23(30)14-16-24)34-17-25(20-7-5-4-6-8-20)27(32-34)21-9-11-22(29)12-10-21;1-17(2)24(26(34)35)30-27(32-38(36,37)22-14-12-21(29)13-15-22)33-16-23(18-6-4-3-5-7-18)25(31-33)19-8-10-20(28)11-9-19;;/h4-16,18,25-26H,17H2,1-3H3,(H,31,33);3-15,17,23-24H,16H2,1-2H3,(H,30,32)(H,34,35);2*1H4. The van der Waals surface area contributed by atoms with Crippen LogP contribution in [0.25, 0.3) is 0 Å². The number of rotatable bonds is 14. The van der Waals surface area contributed by atoms with Crippen molar-refractivity contribution in [1.29, 1.82) is 0 Å². The van der Waals surface area contributed by atoms with E-state index in [4.69, 9.17) is 56.6 Å². The summed E-state index contributed by atoms with van der Waals surface area (Å²) in [6.07, 6.45) is 0. The molecule has 78 heavy (non-hydrogen) atoms. The van der Waals surface area contributed by atoms with Crippen LogP contribution in [0.4, 0.5) is 0 Å². The molecule has 3 N–H and O–H groups in total. The minimum Gasteiger partial charge on any atom is -0.480 e. The average molecular weight is 1180 g/mol. The highest BCUT2D eigenvalue weighted by atomic mass is 35.5. The number of carbonyl (C=O) groups excluding carboxylic acids is 1. The third kappa shape index (κ3) is 15.8. The van der Waals surface area contributed by atoms with Crippen LogP contribution in [0.15, 0.2) is 188 Å². The summed E-state index contributed by atoms with van der Waals surface area (Å²) < 4.78 is 58.4. The minimum absolute atomic E-state index is 0. The number of aliphatic imine (C=N–C) groups is 2. The van der Waals surface area contributed by atoms with Crippen LogP contribution in [0, 0.1) is 11.8 Å². The molecule has 0 bridgehead atoms. The van der Waals surface area contributed by atoms with Gasteiger partial charge in [-0.15, -0.1) is 0 Å². The van der Waals surface area contributed by atoms with E-state index in [2.05, 4.69) is 19.4 Å². The number of ketones is 1. The predicted molar refractivity (Wildman–Crippen MR) is 315 cm³/mol. The Morgan fingerprint density at radius 2 is 0.833 bits per heavy atom. The molecule has 4 atom stereocenters. The van der Waals surface area contributed by atoms with Crippen LogP contribution in [-0.4, -0.2) is 92.2 Å². The van der Waals surface area contributed by atoms with E-state index in [0.29, 0.717) is 32.3 Å². The van der Waals surface area contributed by atoms with Crippen molar-refractivity contribution in [2.75, 3.05) is 13.1 Å². The zero-order valence-electron chi connectivity index (χ0n) is 41.8. The molecule has 6 aromatic rings. The van der Waals surface area contributed by atoms with E-state index in [9.17, 15) is 31.5 Å². The summed E-state index contributed by atoms with van der Waals surface area (Å²) in [7, 11) is -8.20. The summed E-state index contributed by atoms with van der Waals surface area (Å²) in [4.78, 5) is 33.4. The first kappa shape index (κ1) is 62.2. The van der Waals surface area contributed by atoms with Gasteiger partial charge in [-0.2, -0.15) is 10.2 Å². The van der Waals surface area contributed by atoms with E-state index in [1.54, 1.807) is 38.1 Å². The normalized spacial score (nSPS) is 16.4. The fourth-order valence-corrected chi connectivity index (χ4v) is 10.8. The number of Topliss-reactive ketones (excluding diaryl/α,β-unsaturated/α-hetero) is 1. The first-order chi connectivity index (χ1) is 36.1. The van der Waals surface area contributed by atoms with Gasteiger partial charge >= 0.3 is 5.97 Å². The molecular formula is C57H62Cl4N8O7S2. The number of hydrogen-bond acceptors (Lipinski definition) is 10. The Morgan fingerprint density at radius 1 is 0.526 bits per heavy atom. The number of nitrogens with one attached hydrogen (secondary N) is 2. The lowest BCUT2D eigenvalue weighted by Crippen LogP contribution is -2.43. The van der Waals surface area contributed by atoms with Gasteiger partial charge in [-0.1, -0.05) is 174 Å². The number of sulfonamides is 2. The molecule has 0 radical (unpaired) electrons. The van der Waals surface area contributed by atoms with E-state index < -0.39 is 44.0 Å². The maximum absolute atomic E-state index is 13.4. The topological polar surface area (TPSA) is 203 Å². The lowest BCUT2D eigenvalue weighted by atomic mass is 9.91. The number of carbonyl (C=O) groups is 2. The number of nitrogens with zero attached hydrogens (tertiary/aromatic N) is 6. The maximum atomic E-state index is 13.4. The van der Waals surface area contributed by atoms with E-state index in [1.807, 2.05) is 98.8 Å².